The highest BCUT2D eigenvalue weighted by atomic mass is 16.4. The third-order valence-corrected chi connectivity index (χ3v) is 2.59. The number of aryl methyl sites for hydroxylation is 1. The number of aliphatic carboxylic acids is 1. The minimum Gasteiger partial charge on any atom is -0.481 e. The van der Waals surface area contributed by atoms with Gasteiger partial charge >= 0.3 is 5.97 Å². The van der Waals surface area contributed by atoms with E-state index in [1.54, 1.807) is 0 Å². The van der Waals surface area contributed by atoms with Gasteiger partial charge in [0.25, 0.3) is 0 Å². The molecular formula is C11H13NO2. The van der Waals surface area contributed by atoms with Crippen LogP contribution in [0.15, 0.2) is 24.3 Å². The molecule has 1 fully saturated rings. The van der Waals surface area contributed by atoms with Crippen molar-refractivity contribution in [2.45, 2.75) is 19.4 Å². The van der Waals surface area contributed by atoms with Gasteiger partial charge in [0, 0.05) is 11.7 Å². The van der Waals surface area contributed by atoms with Crippen LogP contribution in [-0.2, 0) is 4.79 Å². The Balaban J connectivity index is 2.00. The average molecular weight is 191 g/mol. The van der Waals surface area contributed by atoms with Crippen molar-refractivity contribution in [1.29, 1.82) is 0 Å². The number of rotatable bonds is 3. The molecule has 0 heterocycles. The molecule has 74 valence electrons. The van der Waals surface area contributed by atoms with Crippen LogP contribution in [0.1, 0.15) is 12.0 Å². The van der Waals surface area contributed by atoms with Crippen molar-refractivity contribution in [2.24, 2.45) is 5.92 Å². The molecule has 3 nitrogen and oxygen atoms in total. The van der Waals surface area contributed by atoms with E-state index in [2.05, 4.69) is 5.32 Å². The molecule has 0 saturated heterocycles. The second-order valence-corrected chi connectivity index (χ2v) is 3.75. The second kappa shape index (κ2) is 3.33. The highest BCUT2D eigenvalue weighted by Gasteiger charge is 2.43. The molecular weight excluding hydrogens is 178 g/mol. The molecule has 0 amide bonds. The van der Waals surface area contributed by atoms with Crippen LogP contribution in [0.4, 0.5) is 5.69 Å². The minimum atomic E-state index is -0.698. The molecule has 1 aliphatic carbocycles. The number of benzene rings is 1. The van der Waals surface area contributed by atoms with Crippen molar-refractivity contribution in [1.82, 2.24) is 0 Å². The number of anilines is 1. The lowest BCUT2D eigenvalue weighted by Gasteiger charge is -2.07. The van der Waals surface area contributed by atoms with Crippen molar-refractivity contribution in [3.8, 4) is 0 Å². The van der Waals surface area contributed by atoms with E-state index in [-0.39, 0.29) is 12.0 Å². The number of para-hydroxylation sites is 1. The molecule has 14 heavy (non-hydrogen) atoms. The summed E-state index contributed by atoms with van der Waals surface area (Å²) in [6.07, 6.45) is 0.740. The third-order valence-electron chi connectivity index (χ3n) is 2.59. The first-order valence-electron chi connectivity index (χ1n) is 4.73. The van der Waals surface area contributed by atoms with Gasteiger partial charge in [-0.15, -0.1) is 0 Å². The third kappa shape index (κ3) is 1.71. The minimum absolute atomic E-state index is 0.119. The zero-order valence-corrected chi connectivity index (χ0v) is 8.03. The molecule has 2 unspecified atom stereocenters. The summed E-state index contributed by atoms with van der Waals surface area (Å²) in [6, 6.07) is 8.04. The van der Waals surface area contributed by atoms with Crippen molar-refractivity contribution >= 4 is 11.7 Å². The first-order chi connectivity index (χ1) is 6.68. The summed E-state index contributed by atoms with van der Waals surface area (Å²) >= 11 is 0. The summed E-state index contributed by atoms with van der Waals surface area (Å²) in [5.41, 5.74) is 2.20. The average Bonchev–Trinajstić information content (AvgIpc) is 2.88. The summed E-state index contributed by atoms with van der Waals surface area (Å²) < 4.78 is 0. The van der Waals surface area contributed by atoms with Crippen LogP contribution in [0.3, 0.4) is 0 Å². The van der Waals surface area contributed by atoms with E-state index >= 15 is 0 Å². The van der Waals surface area contributed by atoms with Gasteiger partial charge in [0.1, 0.15) is 0 Å². The molecule has 0 spiro atoms. The standard InChI is InChI=1S/C11H13NO2/c1-7-4-2-3-5-9(7)12-10-6-8(10)11(13)14/h2-5,8,10,12H,6H2,1H3,(H,13,14). The number of hydrogen-bond acceptors (Lipinski definition) is 2. The Morgan fingerprint density at radius 1 is 1.50 bits per heavy atom. The van der Waals surface area contributed by atoms with Crippen molar-refractivity contribution in [3.63, 3.8) is 0 Å². The van der Waals surface area contributed by atoms with Crippen LogP contribution in [0, 0.1) is 12.8 Å². The lowest BCUT2D eigenvalue weighted by molar-refractivity contribution is -0.138. The molecule has 2 rings (SSSR count). The zero-order chi connectivity index (χ0) is 10.1. The van der Waals surface area contributed by atoms with Gasteiger partial charge in [-0.05, 0) is 25.0 Å². The largest absolute Gasteiger partial charge is 0.481 e. The van der Waals surface area contributed by atoms with E-state index in [1.165, 1.54) is 0 Å². The molecule has 2 N–H and O–H groups in total. The Bertz CT molecular complexity index is 362. The van der Waals surface area contributed by atoms with E-state index in [4.69, 9.17) is 5.11 Å². The Hall–Kier alpha value is -1.51. The fourth-order valence-corrected chi connectivity index (χ4v) is 1.56. The van der Waals surface area contributed by atoms with Gasteiger partial charge in [-0.3, -0.25) is 4.79 Å². The first-order valence-corrected chi connectivity index (χ1v) is 4.73. The van der Waals surface area contributed by atoms with E-state index in [0.29, 0.717) is 0 Å². The van der Waals surface area contributed by atoms with Gasteiger partial charge in [0.15, 0.2) is 0 Å². The van der Waals surface area contributed by atoms with Crippen LogP contribution in [0.25, 0.3) is 0 Å². The number of carboxylic acid groups (broad SMARTS) is 1. The van der Waals surface area contributed by atoms with E-state index in [9.17, 15) is 4.79 Å². The maximum Gasteiger partial charge on any atom is 0.308 e. The summed E-state index contributed by atoms with van der Waals surface area (Å²) in [5, 5.41) is 12.0. The van der Waals surface area contributed by atoms with E-state index in [1.807, 2.05) is 31.2 Å². The van der Waals surface area contributed by atoms with Crippen molar-refractivity contribution in [3.05, 3.63) is 29.8 Å². The van der Waals surface area contributed by atoms with Gasteiger partial charge in [-0.1, -0.05) is 18.2 Å². The molecule has 0 aromatic heterocycles. The number of carboxylic acids is 1. The van der Waals surface area contributed by atoms with Crippen LogP contribution in [-0.4, -0.2) is 17.1 Å². The second-order valence-electron chi connectivity index (χ2n) is 3.75. The fourth-order valence-electron chi connectivity index (χ4n) is 1.56. The smallest absolute Gasteiger partial charge is 0.308 e. The first kappa shape index (κ1) is 9.06. The highest BCUT2D eigenvalue weighted by Crippen LogP contribution is 2.34. The predicted octanol–water partition coefficient (Wildman–Crippen LogP) is 1.88. The monoisotopic (exact) mass is 191 g/mol. The van der Waals surface area contributed by atoms with Gasteiger partial charge in [-0.2, -0.15) is 0 Å². The molecule has 3 heteroatoms. The molecule has 1 aliphatic rings. The van der Waals surface area contributed by atoms with Crippen molar-refractivity contribution < 1.29 is 9.90 Å². The van der Waals surface area contributed by atoms with Gasteiger partial charge in [0.2, 0.25) is 0 Å². The van der Waals surface area contributed by atoms with Gasteiger partial charge in [-0.25, -0.2) is 0 Å². The lowest BCUT2D eigenvalue weighted by Crippen LogP contribution is -2.10. The number of nitrogens with one attached hydrogen (secondary N) is 1. The van der Waals surface area contributed by atoms with Crippen LogP contribution < -0.4 is 5.32 Å². The molecule has 0 radical (unpaired) electrons. The van der Waals surface area contributed by atoms with Crippen LogP contribution in [0.5, 0.6) is 0 Å². The zero-order valence-electron chi connectivity index (χ0n) is 8.03. The topological polar surface area (TPSA) is 49.3 Å². The van der Waals surface area contributed by atoms with Crippen LogP contribution in [0.2, 0.25) is 0 Å². The summed E-state index contributed by atoms with van der Waals surface area (Å²) in [4.78, 5) is 10.6. The molecule has 0 bridgehead atoms. The van der Waals surface area contributed by atoms with Gasteiger partial charge < -0.3 is 10.4 Å². The predicted molar refractivity (Wildman–Crippen MR) is 54.3 cm³/mol. The lowest BCUT2D eigenvalue weighted by atomic mass is 10.2. The summed E-state index contributed by atoms with van der Waals surface area (Å²) in [5.74, 6) is -0.898. The van der Waals surface area contributed by atoms with E-state index < -0.39 is 5.97 Å². The highest BCUT2D eigenvalue weighted by molar-refractivity contribution is 5.75. The number of carbonyl (C=O) groups is 1. The molecule has 1 saturated carbocycles. The van der Waals surface area contributed by atoms with Crippen LogP contribution >= 0.6 is 0 Å². The normalized spacial score (nSPS) is 24.4. The fraction of sp³-hybridized carbons (Fsp3) is 0.364. The summed E-state index contributed by atoms with van der Waals surface area (Å²) in [7, 11) is 0. The van der Waals surface area contributed by atoms with E-state index in [0.717, 1.165) is 17.7 Å². The van der Waals surface area contributed by atoms with Crippen molar-refractivity contribution in [2.75, 3.05) is 5.32 Å². The van der Waals surface area contributed by atoms with Gasteiger partial charge in [0.05, 0.1) is 5.92 Å². The Kier molecular flexibility index (Phi) is 2.15. The SMILES string of the molecule is Cc1ccccc1NC1CC1C(=O)O. The molecule has 2 atom stereocenters. The summed E-state index contributed by atoms with van der Waals surface area (Å²) in [6.45, 7) is 2.01. The molecule has 0 aliphatic heterocycles. The quantitative estimate of drug-likeness (QED) is 0.766. The molecule has 1 aromatic carbocycles. The Morgan fingerprint density at radius 3 is 2.79 bits per heavy atom. The maximum atomic E-state index is 10.6. The Labute approximate surface area is 82.8 Å². The maximum absolute atomic E-state index is 10.6. The Morgan fingerprint density at radius 2 is 2.21 bits per heavy atom. The number of hydrogen-bond donors (Lipinski definition) is 2. The molecule has 1 aromatic rings.